The topological polar surface area (TPSA) is 63.1 Å². The van der Waals surface area contributed by atoms with Gasteiger partial charge in [-0.2, -0.15) is 4.98 Å². The Morgan fingerprint density at radius 2 is 2.22 bits per heavy atom. The molecule has 0 saturated heterocycles. The minimum Gasteiger partial charge on any atom is -0.313 e. The van der Waals surface area contributed by atoms with Crippen molar-refractivity contribution in [3.8, 4) is 0 Å². The first kappa shape index (κ1) is 14.2. The molecule has 1 N–H and O–H groups in total. The molecular weight excluding hydrogens is 290 g/mol. The van der Waals surface area contributed by atoms with Crippen LogP contribution in [0.5, 0.6) is 0 Å². The molecule has 6 heteroatoms. The molecule has 0 radical (unpaired) electrons. The SMILES string of the molecule is CCC1c2ccccc2CN1C(=O)Nc1nc2n(n1)CCCC2. The maximum absolute atomic E-state index is 12.7. The second-order valence-electron chi connectivity index (χ2n) is 6.21. The van der Waals surface area contributed by atoms with Gasteiger partial charge in [0.2, 0.25) is 5.95 Å². The molecule has 2 aliphatic heterocycles. The van der Waals surface area contributed by atoms with E-state index in [1.165, 1.54) is 11.1 Å². The van der Waals surface area contributed by atoms with Crippen LogP contribution in [0.3, 0.4) is 0 Å². The van der Waals surface area contributed by atoms with Crippen molar-refractivity contribution in [3.05, 3.63) is 41.2 Å². The number of aryl methyl sites for hydroxylation is 2. The number of rotatable bonds is 2. The second kappa shape index (κ2) is 5.68. The molecule has 0 fully saturated rings. The molecule has 0 saturated carbocycles. The molecule has 2 aliphatic rings. The molecule has 1 atom stereocenters. The van der Waals surface area contributed by atoms with E-state index in [1.54, 1.807) is 0 Å². The van der Waals surface area contributed by atoms with Crippen LogP contribution >= 0.6 is 0 Å². The van der Waals surface area contributed by atoms with E-state index in [1.807, 2.05) is 21.7 Å². The third-order valence-electron chi connectivity index (χ3n) is 4.77. The predicted molar refractivity (Wildman–Crippen MR) is 87.0 cm³/mol. The van der Waals surface area contributed by atoms with Gasteiger partial charge in [0.05, 0.1) is 6.04 Å². The average molecular weight is 311 g/mol. The van der Waals surface area contributed by atoms with Crippen LogP contribution in [0.25, 0.3) is 0 Å². The van der Waals surface area contributed by atoms with Gasteiger partial charge in [-0.05, 0) is 30.4 Å². The number of carbonyl (C=O) groups is 1. The average Bonchev–Trinajstić information content (AvgIpc) is 3.14. The van der Waals surface area contributed by atoms with E-state index in [2.05, 4.69) is 34.5 Å². The van der Waals surface area contributed by atoms with Gasteiger partial charge >= 0.3 is 6.03 Å². The van der Waals surface area contributed by atoms with Gasteiger partial charge in [0.15, 0.2) is 0 Å². The summed E-state index contributed by atoms with van der Waals surface area (Å²) in [5.41, 5.74) is 2.48. The fourth-order valence-electron chi connectivity index (χ4n) is 3.62. The molecule has 2 aromatic rings. The minimum absolute atomic E-state index is 0.115. The van der Waals surface area contributed by atoms with Crippen LogP contribution in [-0.2, 0) is 19.5 Å². The fraction of sp³-hybridized carbons (Fsp3) is 0.471. The van der Waals surface area contributed by atoms with Crippen LogP contribution in [0.2, 0.25) is 0 Å². The molecule has 4 rings (SSSR count). The highest BCUT2D eigenvalue weighted by atomic mass is 16.2. The minimum atomic E-state index is -0.115. The van der Waals surface area contributed by atoms with Crippen LogP contribution in [0.4, 0.5) is 10.7 Å². The predicted octanol–water partition coefficient (Wildman–Crippen LogP) is 3.11. The highest BCUT2D eigenvalue weighted by Crippen LogP contribution is 2.35. The monoisotopic (exact) mass is 311 g/mol. The van der Waals surface area contributed by atoms with Gasteiger partial charge in [-0.25, -0.2) is 9.48 Å². The van der Waals surface area contributed by atoms with Gasteiger partial charge < -0.3 is 4.90 Å². The normalized spacial score (nSPS) is 19.3. The van der Waals surface area contributed by atoms with Crippen molar-refractivity contribution in [2.75, 3.05) is 5.32 Å². The number of benzene rings is 1. The molecule has 6 nitrogen and oxygen atoms in total. The first-order valence-electron chi connectivity index (χ1n) is 8.35. The van der Waals surface area contributed by atoms with E-state index in [9.17, 15) is 4.79 Å². The Bertz CT molecular complexity index is 715. The Kier molecular flexibility index (Phi) is 3.52. The van der Waals surface area contributed by atoms with Crippen LogP contribution < -0.4 is 5.32 Å². The van der Waals surface area contributed by atoms with Gasteiger partial charge in [0, 0.05) is 19.5 Å². The largest absolute Gasteiger partial charge is 0.325 e. The summed E-state index contributed by atoms with van der Waals surface area (Å²) in [5.74, 6) is 1.40. The summed E-state index contributed by atoms with van der Waals surface area (Å²) in [4.78, 5) is 19.0. The Hall–Kier alpha value is -2.37. The summed E-state index contributed by atoms with van der Waals surface area (Å²) in [6.45, 7) is 3.65. The third-order valence-corrected chi connectivity index (χ3v) is 4.77. The smallest absolute Gasteiger partial charge is 0.313 e. The molecule has 2 amide bonds. The van der Waals surface area contributed by atoms with Gasteiger partial charge in [0.1, 0.15) is 5.82 Å². The fourth-order valence-corrected chi connectivity index (χ4v) is 3.62. The molecule has 0 bridgehead atoms. The molecule has 0 spiro atoms. The molecule has 1 aromatic heterocycles. The Morgan fingerprint density at radius 1 is 1.35 bits per heavy atom. The number of nitrogens with one attached hydrogen (secondary N) is 1. The van der Waals surface area contributed by atoms with E-state index < -0.39 is 0 Å². The zero-order valence-electron chi connectivity index (χ0n) is 13.3. The maximum atomic E-state index is 12.7. The van der Waals surface area contributed by atoms with Gasteiger partial charge in [-0.1, -0.05) is 31.2 Å². The van der Waals surface area contributed by atoms with Gasteiger partial charge in [-0.3, -0.25) is 5.32 Å². The lowest BCUT2D eigenvalue weighted by molar-refractivity contribution is 0.192. The van der Waals surface area contributed by atoms with E-state index >= 15 is 0 Å². The summed E-state index contributed by atoms with van der Waals surface area (Å²) < 4.78 is 1.91. The van der Waals surface area contributed by atoms with Crippen molar-refractivity contribution in [2.45, 2.75) is 51.7 Å². The zero-order valence-corrected chi connectivity index (χ0v) is 13.3. The van der Waals surface area contributed by atoms with Gasteiger partial charge in [0.25, 0.3) is 0 Å². The lowest BCUT2D eigenvalue weighted by atomic mass is 10.0. The maximum Gasteiger partial charge on any atom is 0.325 e. The molecular formula is C17H21N5O. The first-order valence-corrected chi connectivity index (χ1v) is 8.35. The van der Waals surface area contributed by atoms with Crippen LogP contribution in [0.15, 0.2) is 24.3 Å². The standard InChI is InChI=1S/C17H21N5O/c1-2-14-13-8-4-3-7-12(13)11-21(14)17(23)19-16-18-15-9-5-6-10-22(15)20-16/h3-4,7-8,14H,2,5-6,9-11H2,1H3,(H,19,20,23). The van der Waals surface area contributed by atoms with Crippen molar-refractivity contribution in [1.29, 1.82) is 0 Å². The molecule has 1 aromatic carbocycles. The molecule has 23 heavy (non-hydrogen) atoms. The van der Waals surface area contributed by atoms with E-state index in [-0.39, 0.29) is 12.1 Å². The highest BCUT2D eigenvalue weighted by Gasteiger charge is 2.32. The third kappa shape index (κ3) is 2.48. The summed E-state index contributed by atoms with van der Waals surface area (Å²) in [6, 6.07) is 8.29. The Labute approximate surface area is 135 Å². The summed E-state index contributed by atoms with van der Waals surface area (Å²) in [6.07, 6.45) is 4.11. The van der Waals surface area contributed by atoms with Gasteiger partial charge in [-0.15, -0.1) is 5.10 Å². The number of hydrogen-bond acceptors (Lipinski definition) is 3. The number of nitrogens with zero attached hydrogens (tertiary/aromatic N) is 4. The lowest BCUT2D eigenvalue weighted by Gasteiger charge is -2.23. The molecule has 1 unspecified atom stereocenters. The molecule has 3 heterocycles. The number of urea groups is 1. The number of anilines is 1. The van der Waals surface area contributed by atoms with Crippen molar-refractivity contribution in [3.63, 3.8) is 0 Å². The molecule has 0 aliphatic carbocycles. The van der Waals surface area contributed by atoms with E-state index in [0.29, 0.717) is 12.5 Å². The summed E-state index contributed by atoms with van der Waals surface area (Å²) in [7, 11) is 0. The van der Waals surface area contributed by atoms with Crippen molar-refractivity contribution in [2.24, 2.45) is 0 Å². The first-order chi connectivity index (χ1) is 11.3. The van der Waals surface area contributed by atoms with E-state index in [0.717, 1.165) is 38.1 Å². The Morgan fingerprint density at radius 3 is 3.04 bits per heavy atom. The number of amides is 2. The second-order valence-corrected chi connectivity index (χ2v) is 6.21. The quantitative estimate of drug-likeness (QED) is 0.927. The van der Waals surface area contributed by atoms with Crippen LogP contribution in [-0.4, -0.2) is 25.7 Å². The van der Waals surface area contributed by atoms with Crippen molar-refractivity contribution < 1.29 is 4.79 Å². The Balaban J connectivity index is 1.52. The number of hydrogen-bond donors (Lipinski definition) is 1. The number of carbonyl (C=O) groups excluding carboxylic acids is 1. The summed E-state index contributed by atoms with van der Waals surface area (Å²) in [5, 5.41) is 7.29. The van der Waals surface area contributed by atoms with Crippen LogP contribution in [0.1, 0.15) is 49.2 Å². The number of aromatic nitrogens is 3. The lowest BCUT2D eigenvalue weighted by Crippen LogP contribution is -2.33. The molecule has 120 valence electrons. The van der Waals surface area contributed by atoms with E-state index in [4.69, 9.17) is 0 Å². The van der Waals surface area contributed by atoms with Crippen molar-refractivity contribution >= 4 is 12.0 Å². The number of fused-ring (bicyclic) bond motifs is 2. The summed E-state index contributed by atoms with van der Waals surface area (Å²) >= 11 is 0. The highest BCUT2D eigenvalue weighted by molar-refractivity contribution is 5.88. The van der Waals surface area contributed by atoms with Crippen molar-refractivity contribution in [1.82, 2.24) is 19.7 Å². The van der Waals surface area contributed by atoms with Crippen LogP contribution in [0, 0.1) is 0 Å². The zero-order chi connectivity index (χ0) is 15.8.